The molecule has 0 saturated heterocycles. The zero-order valence-corrected chi connectivity index (χ0v) is 9.66. The lowest BCUT2D eigenvalue weighted by molar-refractivity contribution is -0.133. The molecule has 4 nitrogen and oxygen atoms in total. The van der Waals surface area contributed by atoms with E-state index in [-0.39, 0.29) is 0 Å². The van der Waals surface area contributed by atoms with Gasteiger partial charge in [-0.15, -0.1) is 0 Å². The maximum absolute atomic E-state index is 11.1. The van der Waals surface area contributed by atoms with Gasteiger partial charge >= 0.3 is 0 Å². The number of anilines is 1. The van der Waals surface area contributed by atoms with Crippen molar-refractivity contribution in [3.63, 3.8) is 0 Å². The normalized spacial score (nSPS) is 9.69. The van der Waals surface area contributed by atoms with Crippen LogP contribution >= 0.6 is 0 Å². The molecule has 4 heteroatoms. The van der Waals surface area contributed by atoms with E-state index in [0.29, 0.717) is 12.3 Å². The van der Waals surface area contributed by atoms with Crippen molar-refractivity contribution < 1.29 is 14.3 Å². The van der Waals surface area contributed by atoms with Gasteiger partial charge in [0.25, 0.3) is 5.91 Å². The Morgan fingerprint density at radius 1 is 1.38 bits per heavy atom. The monoisotopic (exact) mass is 221 g/mol. The lowest BCUT2D eigenvalue weighted by Crippen LogP contribution is -2.19. The second-order valence-electron chi connectivity index (χ2n) is 3.42. The second-order valence-corrected chi connectivity index (χ2v) is 3.42. The third-order valence-electron chi connectivity index (χ3n) is 2.05. The number of rotatable bonds is 4. The summed E-state index contributed by atoms with van der Waals surface area (Å²) in [5, 5.41) is 2.51. The largest absolute Gasteiger partial charge is 0.494 e. The van der Waals surface area contributed by atoms with Gasteiger partial charge in [0.1, 0.15) is 5.75 Å². The Bertz CT molecular complexity index is 413. The van der Waals surface area contributed by atoms with Crippen LogP contribution in [0, 0.1) is 6.92 Å². The fraction of sp³-hybridized carbons (Fsp3) is 0.333. The van der Waals surface area contributed by atoms with Crippen LogP contribution in [0.2, 0.25) is 0 Å². The first-order valence-electron chi connectivity index (χ1n) is 5.10. The van der Waals surface area contributed by atoms with Gasteiger partial charge in [-0.25, -0.2) is 0 Å². The molecule has 1 aromatic carbocycles. The van der Waals surface area contributed by atoms with Gasteiger partial charge < -0.3 is 10.1 Å². The summed E-state index contributed by atoms with van der Waals surface area (Å²) in [6.45, 7) is 5.62. The van der Waals surface area contributed by atoms with Crippen molar-refractivity contribution in [2.45, 2.75) is 20.8 Å². The van der Waals surface area contributed by atoms with Crippen LogP contribution < -0.4 is 10.1 Å². The molecule has 0 heterocycles. The van der Waals surface area contributed by atoms with Gasteiger partial charge in [0.05, 0.1) is 6.61 Å². The molecule has 1 aromatic rings. The summed E-state index contributed by atoms with van der Waals surface area (Å²) in [7, 11) is 0. The number of aryl methyl sites for hydroxylation is 1. The Hall–Kier alpha value is -1.84. The van der Waals surface area contributed by atoms with Crippen LogP contribution in [0.3, 0.4) is 0 Å². The number of Topliss-reactive ketones (excluding diaryl/α,β-unsaturated/α-hetero) is 1. The van der Waals surface area contributed by atoms with Gasteiger partial charge in [-0.1, -0.05) is 0 Å². The van der Waals surface area contributed by atoms with Crippen LogP contribution in [0.4, 0.5) is 5.69 Å². The number of carbonyl (C=O) groups is 2. The number of hydrogen-bond acceptors (Lipinski definition) is 3. The molecular formula is C12H15NO3. The van der Waals surface area contributed by atoms with Crippen LogP contribution in [0.25, 0.3) is 0 Å². The highest BCUT2D eigenvalue weighted by atomic mass is 16.5. The van der Waals surface area contributed by atoms with Gasteiger partial charge in [0.2, 0.25) is 5.78 Å². The molecule has 0 radical (unpaired) electrons. The Morgan fingerprint density at radius 3 is 2.56 bits per heavy atom. The SMILES string of the molecule is CCOc1ccc(NC(=O)C(C)=O)cc1C. The molecule has 0 spiro atoms. The Balaban J connectivity index is 2.81. The van der Waals surface area contributed by atoms with E-state index in [4.69, 9.17) is 4.74 Å². The molecule has 1 N–H and O–H groups in total. The van der Waals surface area contributed by atoms with E-state index >= 15 is 0 Å². The van der Waals surface area contributed by atoms with E-state index in [0.717, 1.165) is 11.3 Å². The van der Waals surface area contributed by atoms with E-state index in [1.807, 2.05) is 13.8 Å². The summed E-state index contributed by atoms with van der Waals surface area (Å²) >= 11 is 0. The summed E-state index contributed by atoms with van der Waals surface area (Å²) < 4.78 is 5.36. The zero-order valence-electron chi connectivity index (χ0n) is 9.66. The smallest absolute Gasteiger partial charge is 0.291 e. The summed E-state index contributed by atoms with van der Waals surface area (Å²) in [5.74, 6) is -0.335. The predicted molar refractivity (Wildman–Crippen MR) is 61.7 cm³/mol. The Kier molecular flexibility index (Phi) is 4.05. The minimum Gasteiger partial charge on any atom is -0.494 e. The number of benzene rings is 1. The molecule has 1 rings (SSSR count). The number of ether oxygens (including phenoxy) is 1. The number of nitrogens with one attached hydrogen (secondary N) is 1. The van der Waals surface area contributed by atoms with E-state index in [1.54, 1.807) is 18.2 Å². The topological polar surface area (TPSA) is 55.4 Å². The Labute approximate surface area is 94.6 Å². The van der Waals surface area contributed by atoms with Crippen LogP contribution in [0.5, 0.6) is 5.75 Å². The van der Waals surface area contributed by atoms with Gasteiger partial charge in [0.15, 0.2) is 0 Å². The maximum Gasteiger partial charge on any atom is 0.291 e. The number of carbonyl (C=O) groups excluding carboxylic acids is 2. The average Bonchev–Trinajstić information content (AvgIpc) is 2.22. The van der Waals surface area contributed by atoms with Crippen LogP contribution in [-0.2, 0) is 9.59 Å². The lowest BCUT2D eigenvalue weighted by atomic mass is 10.2. The fourth-order valence-electron chi connectivity index (χ4n) is 1.26. The third kappa shape index (κ3) is 3.08. The zero-order chi connectivity index (χ0) is 12.1. The van der Waals surface area contributed by atoms with Crippen molar-refractivity contribution in [2.75, 3.05) is 11.9 Å². The minimum absolute atomic E-state index is 0.508. The van der Waals surface area contributed by atoms with Crippen molar-refractivity contribution in [1.82, 2.24) is 0 Å². The van der Waals surface area contributed by atoms with Gasteiger partial charge in [-0.3, -0.25) is 9.59 Å². The van der Waals surface area contributed by atoms with E-state index in [9.17, 15) is 9.59 Å². The average molecular weight is 221 g/mol. The molecule has 0 saturated carbocycles. The molecule has 0 aliphatic heterocycles. The summed E-state index contributed by atoms with van der Waals surface area (Å²) in [4.78, 5) is 21.9. The molecule has 0 aliphatic carbocycles. The van der Waals surface area contributed by atoms with E-state index in [1.165, 1.54) is 6.92 Å². The molecule has 0 unspecified atom stereocenters. The van der Waals surface area contributed by atoms with Crippen LogP contribution in [0.1, 0.15) is 19.4 Å². The molecule has 1 amide bonds. The minimum atomic E-state index is -0.608. The maximum atomic E-state index is 11.1. The first-order valence-corrected chi connectivity index (χ1v) is 5.10. The highest BCUT2D eigenvalue weighted by molar-refractivity contribution is 6.39. The van der Waals surface area contributed by atoms with E-state index in [2.05, 4.69) is 5.32 Å². The molecule has 0 bridgehead atoms. The quantitative estimate of drug-likeness (QED) is 0.790. The van der Waals surface area contributed by atoms with Crippen molar-refractivity contribution in [1.29, 1.82) is 0 Å². The highest BCUT2D eigenvalue weighted by Crippen LogP contribution is 2.21. The van der Waals surface area contributed by atoms with E-state index < -0.39 is 11.7 Å². The molecule has 16 heavy (non-hydrogen) atoms. The molecule has 0 atom stereocenters. The summed E-state index contributed by atoms with van der Waals surface area (Å²) in [6.07, 6.45) is 0. The van der Waals surface area contributed by atoms with Gasteiger partial charge in [0, 0.05) is 12.6 Å². The number of ketones is 1. The lowest BCUT2D eigenvalue weighted by Gasteiger charge is -2.09. The molecule has 86 valence electrons. The predicted octanol–water partition coefficient (Wildman–Crippen LogP) is 1.92. The molecule has 0 fully saturated rings. The molecule has 0 aliphatic rings. The molecular weight excluding hydrogens is 206 g/mol. The fourth-order valence-corrected chi connectivity index (χ4v) is 1.26. The van der Waals surface area contributed by atoms with Crippen molar-refractivity contribution in [2.24, 2.45) is 0 Å². The van der Waals surface area contributed by atoms with Gasteiger partial charge in [-0.05, 0) is 37.6 Å². The van der Waals surface area contributed by atoms with Crippen LogP contribution in [-0.4, -0.2) is 18.3 Å². The number of amides is 1. The summed E-state index contributed by atoms with van der Waals surface area (Å²) in [5.41, 5.74) is 1.52. The first-order chi connectivity index (χ1) is 7.54. The van der Waals surface area contributed by atoms with Crippen molar-refractivity contribution in [3.05, 3.63) is 23.8 Å². The van der Waals surface area contributed by atoms with Crippen molar-refractivity contribution >= 4 is 17.4 Å². The second kappa shape index (κ2) is 5.30. The summed E-state index contributed by atoms with van der Waals surface area (Å²) in [6, 6.07) is 5.25. The molecule has 0 aromatic heterocycles. The van der Waals surface area contributed by atoms with Crippen molar-refractivity contribution in [3.8, 4) is 5.75 Å². The van der Waals surface area contributed by atoms with Crippen LogP contribution in [0.15, 0.2) is 18.2 Å². The Morgan fingerprint density at radius 2 is 2.06 bits per heavy atom. The highest BCUT2D eigenvalue weighted by Gasteiger charge is 2.08. The third-order valence-corrected chi connectivity index (χ3v) is 2.05. The standard InChI is InChI=1S/C12H15NO3/c1-4-16-11-6-5-10(7-8(11)2)13-12(15)9(3)14/h5-7H,4H2,1-3H3,(H,13,15). The van der Waals surface area contributed by atoms with Gasteiger partial charge in [-0.2, -0.15) is 0 Å². The number of hydrogen-bond donors (Lipinski definition) is 1. The first kappa shape index (κ1) is 12.2.